The Bertz CT molecular complexity index is 1820. The van der Waals surface area contributed by atoms with Gasteiger partial charge in [-0.05, 0) is 113 Å². The summed E-state index contributed by atoms with van der Waals surface area (Å²) in [6, 6.07) is 31.8. The highest BCUT2D eigenvalue weighted by molar-refractivity contribution is 9.10. The van der Waals surface area contributed by atoms with Gasteiger partial charge in [0.25, 0.3) is 22.3 Å². The third-order valence-electron chi connectivity index (χ3n) is 6.81. The summed E-state index contributed by atoms with van der Waals surface area (Å²) in [6.45, 7) is 1.90. The summed E-state index contributed by atoms with van der Waals surface area (Å²) in [5.74, 6) is 0.0939. The molecule has 4 aromatic rings. The van der Waals surface area contributed by atoms with E-state index < -0.39 is 0 Å². The molecule has 0 saturated carbocycles. The second-order valence-electron chi connectivity index (χ2n) is 10.5. The van der Waals surface area contributed by atoms with Gasteiger partial charge in [-0.3, -0.25) is 29.8 Å². The highest BCUT2D eigenvalue weighted by Gasteiger charge is 2.26. The van der Waals surface area contributed by atoms with Crippen LogP contribution in [0, 0.1) is 0 Å². The zero-order chi connectivity index (χ0) is 35.0. The van der Waals surface area contributed by atoms with Gasteiger partial charge in [-0.25, -0.2) is 9.97 Å². The number of hydrogen-bond acceptors (Lipinski definition) is 10. The van der Waals surface area contributed by atoms with Crippen LogP contribution in [0.4, 0.5) is 15.4 Å². The Labute approximate surface area is 302 Å². The molecule has 4 amide bonds. The second kappa shape index (κ2) is 19.4. The second-order valence-corrected chi connectivity index (χ2v) is 13.3. The van der Waals surface area contributed by atoms with E-state index in [1.807, 2.05) is 62.6 Å². The predicted molar refractivity (Wildman–Crippen MR) is 202 cm³/mol. The topological polar surface area (TPSA) is 133 Å². The molecule has 0 aliphatic carbocycles. The normalized spacial score (nSPS) is 15.2. The summed E-state index contributed by atoms with van der Waals surface area (Å²) >= 11 is 5.00. The van der Waals surface area contributed by atoms with Crippen molar-refractivity contribution in [3.05, 3.63) is 134 Å². The number of nitrogens with one attached hydrogen (secondary N) is 3. The van der Waals surface area contributed by atoms with E-state index in [1.54, 1.807) is 24.3 Å². The number of benzene rings is 2. The Morgan fingerprint density at radius 1 is 0.694 bits per heavy atom. The van der Waals surface area contributed by atoms with Crippen LogP contribution < -0.4 is 20.9 Å². The Morgan fingerprint density at radius 3 is 1.69 bits per heavy atom. The van der Waals surface area contributed by atoms with Crippen molar-refractivity contribution in [3.63, 3.8) is 0 Å². The summed E-state index contributed by atoms with van der Waals surface area (Å²) in [4.78, 5) is 56.4. The van der Waals surface area contributed by atoms with E-state index in [-0.39, 0.29) is 22.3 Å². The van der Waals surface area contributed by atoms with Crippen LogP contribution in [0.1, 0.15) is 22.5 Å². The molecule has 0 atom stereocenters. The third kappa shape index (κ3) is 12.8. The average molecular weight is 760 g/mol. The number of anilines is 1. The van der Waals surface area contributed by atoms with E-state index in [4.69, 9.17) is 0 Å². The summed E-state index contributed by atoms with van der Waals surface area (Å²) in [5, 5.41) is 6.85. The van der Waals surface area contributed by atoms with Gasteiger partial charge < -0.3 is 10.2 Å². The van der Waals surface area contributed by atoms with Crippen molar-refractivity contribution in [2.75, 3.05) is 32.1 Å². The smallest absolute Gasteiger partial charge is 0.290 e. The number of carbonyl (C=O) groups is 4. The molecule has 2 aromatic heterocycles. The van der Waals surface area contributed by atoms with Crippen LogP contribution in [-0.4, -0.2) is 59.4 Å². The number of likely N-dealkylation sites (N-methyl/N-ethyl adjacent to an activating group) is 2. The molecule has 6 rings (SSSR count). The third-order valence-corrected chi connectivity index (χ3v) is 8.87. The van der Waals surface area contributed by atoms with Crippen LogP contribution in [0.25, 0.3) is 12.2 Å². The SMILES string of the molecule is CN(CCc1ccccc1)c1cccc(/C=C2\SC(=O)NC2=O)n1.CNCCc1ccccc1.O=C1NC(=O)/C(=C/c2cccc(Br)n2)S1. The monoisotopic (exact) mass is 758 g/mol. The molecule has 0 spiro atoms. The lowest BCUT2D eigenvalue weighted by atomic mass is 10.1. The van der Waals surface area contributed by atoms with Gasteiger partial charge in [0.1, 0.15) is 10.4 Å². The molecule has 0 unspecified atom stereocenters. The van der Waals surface area contributed by atoms with Gasteiger partial charge in [0.15, 0.2) is 0 Å². The van der Waals surface area contributed by atoms with Gasteiger partial charge >= 0.3 is 0 Å². The fourth-order valence-corrected chi connectivity index (χ4v) is 6.01. The fraction of sp³-hybridized carbons (Fsp3) is 0.167. The van der Waals surface area contributed by atoms with E-state index in [0.29, 0.717) is 25.8 Å². The zero-order valence-corrected chi connectivity index (χ0v) is 30.1. The van der Waals surface area contributed by atoms with E-state index in [9.17, 15) is 19.2 Å². The van der Waals surface area contributed by atoms with Gasteiger partial charge in [0, 0.05) is 13.6 Å². The average Bonchev–Trinajstić information content (AvgIpc) is 3.60. The summed E-state index contributed by atoms with van der Waals surface area (Å²) < 4.78 is 0.687. The van der Waals surface area contributed by atoms with Crippen molar-refractivity contribution < 1.29 is 19.2 Å². The number of amides is 4. The minimum absolute atomic E-state index is 0.345. The number of imide groups is 2. The van der Waals surface area contributed by atoms with Crippen molar-refractivity contribution in [1.82, 2.24) is 25.9 Å². The number of thioether (sulfide) groups is 2. The standard InChI is InChI=1S/C18H17N3O2S.C9H5BrN2O2S.C9H13N/c1-21(11-10-13-6-3-2-4-7-13)16-9-5-8-14(19-16)12-15-17(22)20-18(23)24-15;10-7-3-1-2-5(11-7)4-6-8(13)12-9(14)15-6;1-10-8-7-9-5-3-2-4-6-9/h2-9,12H,10-11H2,1H3,(H,20,22,23);1-4H,(H,12,13,14);2-6,10H,7-8H2,1H3/b15-12-;6-4-;. The number of carbonyl (C=O) groups excluding carboxylic acids is 4. The molecule has 2 saturated heterocycles. The molecule has 3 N–H and O–H groups in total. The lowest BCUT2D eigenvalue weighted by Crippen LogP contribution is -2.21. The van der Waals surface area contributed by atoms with Crippen molar-refractivity contribution in [1.29, 1.82) is 0 Å². The highest BCUT2D eigenvalue weighted by atomic mass is 79.9. The maximum absolute atomic E-state index is 11.6. The summed E-state index contributed by atoms with van der Waals surface area (Å²) in [7, 11) is 3.96. The molecular formula is C36H35BrN6O4S2. The van der Waals surface area contributed by atoms with E-state index in [1.165, 1.54) is 11.1 Å². The molecule has 2 aliphatic rings. The first kappa shape index (κ1) is 37.3. The zero-order valence-electron chi connectivity index (χ0n) is 26.9. The number of rotatable bonds is 9. The molecule has 252 valence electrons. The first-order chi connectivity index (χ1) is 23.7. The molecule has 13 heteroatoms. The Kier molecular flexibility index (Phi) is 14.8. The molecule has 49 heavy (non-hydrogen) atoms. The number of pyridine rings is 2. The molecule has 2 fully saturated rings. The predicted octanol–water partition coefficient (Wildman–Crippen LogP) is 6.70. The molecule has 0 radical (unpaired) electrons. The van der Waals surface area contributed by atoms with E-state index in [2.05, 4.69) is 83.1 Å². The number of hydrogen-bond donors (Lipinski definition) is 3. The van der Waals surface area contributed by atoms with Gasteiger partial charge in [0.2, 0.25) is 0 Å². The van der Waals surface area contributed by atoms with Crippen molar-refractivity contribution in [2.24, 2.45) is 0 Å². The Hall–Kier alpha value is -4.56. The van der Waals surface area contributed by atoms with Crippen molar-refractivity contribution >= 4 is 79.7 Å². The lowest BCUT2D eigenvalue weighted by molar-refractivity contribution is -0.116. The quantitative estimate of drug-likeness (QED) is 0.125. The Morgan fingerprint density at radius 2 is 1.20 bits per heavy atom. The summed E-state index contributed by atoms with van der Waals surface area (Å²) in [5.41, 5.74) is 3.97. The van der Waals surface area contributed by atoms with E-state index >= 15 is 0 Å². The largest absolute Gasteiger partial charge is 0.359 e. The fourth-order valence-electron chi connectivity index (χ4n) is 4.32. The molecule has 2 aliphatic heterocycles. The molecule has 2 aromatic carbocycles. The van der Waals surface area contributed by atoms with Crippen LogP contribution in [-0.2, 0) is 22.4 Å². The number of aromatic nitrogens is 2. The lowest BCUT2D eigenvalue weighted by Gasteiger charge is -2.18. The number of halogens is 1. The van der Waals surface area contributed by atoms with Crippen LogP contribution in [0.15, 0.2) is 111 Å². The minimum Gasteiger partial charge on any atom is -0.359 e. The van der Waals surface area contributed by atoms with Gasteiger partial charge in [-0.1, -0.05) is 72.8 Å². The maximum atomic E-state index is 11.6. The van der Waals surface area contributed by atoms with Gasteiger partial charge in [0.05, 0.1) is 21.2 Å². The van der Waals surface area contributed by atoms with Crippen LogP contribution in [0.2, 0.25) is 0 Å². The molecule has 10 nitrogen and oxygen atoms in total. The first-order valence-electron chi connectivity index (χ1n) is 15.2. The Balaban J connectivity index is 0.000000184. The van der Waals surface area contributed by atoms with Gasteiger partial charge in [-0.2, -0.15) is 0 Å². The number of nitrogens with zero attached hydrogens (tertiary/aromatic N) is 3. The van der Waals surface area contributed by atoms with E-state index in [0.717, 1.165) is 55.3 Å². The van der Waals surface area contributed by atoms with Crippen LogP contribution in [0.5, 0.6) is 0 Å². The molecule has 4 heterocycles. The summed E-state index contributed by atoms with van der Waals surface area (Å²) in [6.07, 6.45) is 5.27. The van der Waals surface area contributed by atoms with Crippen LogP contribution in [0.3, 0.4) is 0 Å². The van der Waals surface area contributed by atoms with Gasteiger partial charge in [-0.15, -0.1) is 0 Å². The molecular weight excluding hydrogens is 724 g/mol. The first-order valence-corrected chi connectivity index (χ1v) is 17.7. The maximum Gasteiger partial charge on any atom is 0.290 e. The highest BCUT2D eigenvalue weighted by Crippen LogP contribution is 2.26. The molecule has 0 bridgehead atoms. The minimum atomic E-state index is -0.369. The van der Waals surface area contributed by atoms with Crippen LogP contribution >= 0.6 is 39.5 Å². The van der Waals surface area contributed by atoms with Crippen molar-refractivity contribution in [3.8, 4) is 0 Å². The van der Waals surface area contributed by atoms with Crippen molar-refractivity contribution in [2.45, 2.75) is 12.8 Å².